The Labute approximate surface area is 176 Å². The third kappa shape index (κ3) is 3.44. The molecule has 0 radical (unpaired) electrons. The molecule has 0 atom stereocenters. The number of piperazine rings is 1. The van der Waals surface area contributed by atoms with E-state index in [9.17, 15) is 5.26 Å². The van der Waals surface area contributed by atoms with Crippen molar-refractivity contribution >= 4 is 23.3 Å². The molecule has 8 heteroatoms. The molecule has 30 heavy (non-hydrogen) atoms. The van der Waals surface area contributed by atoms with Crippen LogP contribution in [0.15, 0.2) is 24.5 Å². The quantitative estimate of drug-likeness (QED) is 0.718. The van der Waals surface area contributed by atoms with Crippen molar-refractivity contribution in [1.82, 2.24) is 14.7 Å². The number of aromatic nitrogens is 2. The van der Waals surface area contributed by atoms with Gasteiger partial charge in [-0.2, -0.15) is 10.4 Å². The Kier molecular flexibility index (Phi) is 4.72. The molecule has 1 aromatic heterocycles. The summed E-state index contributed by atoms with van der Waals surface area (Å²) in [5.41, 5.74) is 4.13. The van der Waals surface area contributed by atoms with Crippen LogP contribution in [0.5, 0.6) is 0 Å². The largest absolute Gasteiger partial charge is 0.377 e. The number of rotatable bonds is 6. The molecular formula is C22H27N7O. The van der Waals surface area contributed by atoms with Crippen molar-refractivity contribution < 1.29 is 4.74 Å². The first kappa shape index (κ1) is 19.1. The summed E-state index contributed by atoms with van der Waals surface area (Å²) in [6.07, 6.45) is 7.51. The Bertz CT molecular complexity index is 991. The van der Waals surface area contributed by atoms with Gasteiger partial charge in [-0.05, 0) is 31.9 Å². The van der Waals surface area contributed by atoms with Crippen LogP contribution in [0.4, 0.5) is 17.1 Å². The zero-order chi connectivity index (χ0) is 20.7. The van der Waals surface area contributed by atoms with Crippen LogP contribution in [-0.4, -0.2) is 65.8 Å². The number of nitrogens with zero attached hydrogens (tertiary/aromatic N) is 5. The van der Waals surface area contributed by atoms with E-state index in [1.165, 1.54) is 19.1 Å². The summed E-state index contributed by atoms with van der Waals surface area (Å²) in [6.45, 7) is 7.50. The molecule has 1 saturated carbocycles. The van der Waals surface area contributed by atoms with Gasteiger partial charge in [0.2, 0.25) is 0 Å². The van der Waals surface area contributed by atoms with Crippen LogP contribution in [0.1, 0.15) is 36.9 Å². The molecule has 3 fully saturated rings. The fourth-order valence-electron chi connectivity index (χ4n) is 4.35. The van der Waals surface area contributed by atoms with Crippen molar-refractivity contribution in [1.29, 1.82) is 10.7 Å². The minimum atomic E-state index is 0.155. The van der Waals surface area contributed by atoms with Gasteiger partial charge in [0.25, 0.3) is 0 Å². The van der Waals surface area contributed by atoms with Crippen LogP contribution < -0.4 is 10.2 Å². The van der Waals surface area contributed by atoms with E-state index >= 15 is 0 Å². The first-order valence-electron chi connectivity index (χ1n) is 10.6. The van der Waals surface area contributed by atoms with E-state index in [1.54, 1.807) is 0 Å². The van der Waals surface area contributed by atoms with Crippen molar-refractivity contribution in [3.63, 3.8) is 0 Å². The summed E-state index contributed by atoms with van der Waals surface area (Å²) < 4.78 is 7.42. The Hall–Kier alpha value is -2.89. The predicted octanol–water partition coefficient (Wildman–Crippen LogP) is 2.74. The molecule has 0 bridgehead atoms. The summed E-state index contributed by atoms with van der Waals surface area (Å²) in [5, 5.41) is 25.4. The van der Waals surface area contributed by atoms with Crippen LogP contribution in [0.25, 0.3) is 0 Å². The lowest BCUT2D eigenvalue weighted by Gasteiger charge is -2.50. The summed E-state index contributed by atoms with van der Waals surface area (Å²) >= 11 is 0. The van der Waals surface area contributed by atoms with Gasteiger partial charge < -0.3 is 20.4 Å². The fourth-order valence-corrected chi connectivity index (χ4v) is 4.35. The predicted molar refractivity (Wildman–Crippen MR) is 116 cm³/mol. The minimum absolute atomic E-state index is 0.155. The number of hydrogen-bond donors (Lipinski definition) is 2. The Balaban J connectivity index is 1.38. The first-order valence-corrected chi connectivity index (χ1v) is 10.6. The van der Waals surface area contributed by atoms with E-state index < -0.39 is 0 Å². The third-order valence-corrected chi connectivity index (χ3v) is 6.46. The van der Waals surface area contributed by atoms with Gasteiger partial charge in [-0.3, -0.25) is 9.58 Å². The zero-order valence-electron chi connectivity index (χ0n) is 17.3. The van der Waals surface area contributed by atoms with Gasteiger partial charge in [-0.1, -0.05) is 0 Å². The van der Waals surface area contributed by atoms with E-state index in [4.69, 9.17) is 10.1 Å². The van der Waals surface area contributed by atoms with Gasteiger partial charge in [-0.15, -0.1) is 0 Å². The number of benzene rings is 1. The molecule has 3 heterocycles. The molecule has 3 aliphatic rings. The average molecular weight is 406 g/mol. The molecule has 2 aromatic rings. The molecule has 1 aliphatic carbocycles. The topological polar surface area (TPSA) is 93.2 Å². The highest BCUT2D eigenvalue weighted by atomic mass is 16.5. The number of hydrogen-bond acceptors (Lipinski definition) is 7. The van der Waals surface area contributed by atoms with Crippen LogP contribution in [0.2, 0.25) is 0 Å². The van der Waals surface area contributed by atoms with Crippen molar-refractivity contribution in [3.05, 3.63) is 35.7 Å². The van der Waals surface area contributed by atoms with Gasteiger partial charge in [0.15, 0.2) is 0 Å². The molecule has 2 saturated heterocycles. The maximum Gasteiger partial charge on any atom is 0.101 e. The van der Waals surface area contributed by atoms with Crippen LogP contribution in [0.3, 0.4) is 0 Å². The van der Waals surface area contributed by atoms with Crippen molar-refractivity contribution in [2.45, 2.75) is 31.3 Å². The second-order valence-electron chi connectivity index (χ2n) is 8.74. The Morgan fingerprint density at radius 2 is 2.03 bits per heavy atom. The van der Waals surface area contributed by atoms with E-state index in [0.29, 0.717) is 17.2 Å². The minimum Gasteiger partial charge on any atom is -0.377 e. The van der Waals surface area contributed by atoms with Crippen molar-refractivity contribution in [3.8, 4) is 6.07 Å². The second-order valence-corrected chi connectivity index (χ2v) is 8.74. The van der Waals surface area contributed by atoms with Gasteiger partial charge in [-0.25, -0.2) is 0 Å². The van der Waals surface area contributed by atoms with Crippen LogP contribution in [0, 0.1) is 16.7 Å². The molecule has 156 valence electrons. The normalized spacial score (nSPS) is 21.0. The molecule has 2 aliphatic heterocycles. The lowest BCUT2D eigenvalue weighted by Crippen LogP contribution is -2.64. The molecule has 0 unspecified atom stereocenters. The van der Waals surface area contributed by atoms with Gasteiger partial charge >= 0.3 is 0 Å². The standard InChI is InChI=1S/C22H27N7O/c1-22(14-30-15-22)28-6-4-27(5-7-28)21-9-20(16(10-23)8-17(21)11-24)26-18-12-25-29(13-18)19-2-3-19/h8-10,12-13,19,23,26H,2-7,14-15H2,1H3. The second kappa shape index (κ2) is 7.42. The van der Waals surface area contributed by atoms with E-state index in [-0.39, 0.29) is 5.54 Å². The lowest BCUT2D eigenvalue weighted by molar-refractivity contribution is -0.131. The molecule has 5 rings (SSSR count). The average Bonchev–Trinajstić information content (AvgIpc) is 3.51. The zero-order valence-corrected chi connectivity index (χ0v) is 17.3. The fraction of sp³-hybridized carbons (Fsp3) is 0.500. The highest BCUT2D eigenvalue weighted by Gasteiger charge is 2.40. The number of nitrogens with one attached hydrogen (secondary N) is 2. The SMILES string of the molecule is CC1(N2CCN(c3cc(Nc4cnn(C5CC5)c4)c(C=N)cc3C#N)CC2)COC1. The molecule has 0 amide bonds. The summed E-state index contributed by atoms with van der Waals surface area (Å²) in [7, 11) is 0. The monoisotopic (exact) mass is 405 g/mol. The maximum atomic E-state index is 9.74. The highest BCUT2D eigenvalue weighted by Crippen LogP contribution is 2.36. The highest BCUT2D eigenvalue weighted by molar-refractivity contribution is 5.90. The molecule has 1 aromatic carbocycles. The number of anilines is 3. The van der Waals surface area contributed by atoms with Gasteiger partial charge in [0, 0.05) is 49.8 Å². The smallest absolute Gasteiger partial charge is 0.101 e. The molecule has 2 N–H and O–H groups in total. The molecular weight excluding hydrogens is 378 g/mol. The van der Waals surface area contributed by atoms with Crippen molar-refractivity contribution in [2.75, 3.05) is 49.6 Å². The summed E-state index contributed by atoms with van der Waals surface area (Å²) in [6, 6.07) is 6.67. The van der Waals surface area contributed by atoms with Crippen LogP contribution in [-0.2, 0) is 4.74 Å². The summed E-state index contributed by atoms with van der Waals surface area (Å²) in [4.78, 5) is 4.78. The van der Waals surface area contributed by atoms with Gasteiger partial charge in [0.1, 0.15) is 6.07 Å². The molecule has 0 spiro atoms. The number of nitriles is 1. The lowest BCUT2D eigenvalue weighted by atomic mass is 9.96. The van der Waals surface area contributed by atoms with E-state index in [1.807, 2.05) is 29.2 Å². The maximum absolute atomic E-state index is 9.74. The molecule has 8 nitrogen and oxygen atoms in total. The van der Waals surface area contributed by atoms with Crippen LogP contribution >= 0.6 is 0 Å². The van der Waals surface area contributed by atoms with E-state index in [2.05, 4.69) is 33.2 Å². The first-order chi connectivity index (χ1) is 14.6. The third-order valence-electron chi connectivity index (χ3n) is 6.46. The Morgan fingerprint density at radius 3 is 2.63 bits per heavy atom. The number of ether oxygens (including phenoxy) is 1. The Morgan fingerprint density at radius 1 is 1.27 bits per heavy atom. The van der Waals surface area contributed by atoms with Gasteiger partial charge in [0.05, 0.1) is 47.9 Å². The van der Waals surface area contributed by atoms with Crippen molar-refractivity contribution in [2.24, 2.45) is 0 Å². The summed E-state index contributed by atoms with van der Waals surface area (Å²) in [5.74, 6) is 0. The van der Waals surface area contributed by atoms with E-state index in [0.717, 1.165) is 56.5 Å².